The highest BCUT2D eigenvalue weighted by molar-refractivity contribution is 7.17. The van der Waals surface area contributed by atoms with E-state index >= 15 is 0 Å². The number of fused-ring (bicyclic) bond motifs is 2. The van der Waals surface area contributed by atoms with Gasteiger partial charge in [-0.1, -0.05) is 6.07 Å². The number of ether oxygens (including phenoxy) is 2. The summed E-state index contributed by atoms with van der Waals surface area (Å²) >= 11 is 1.43. The van der Waals surface area contributed by atoms with Gasteiger partial charge in [0.25, 0.3) is 0 Å². The zero-order chi connectivity index (χ0) is 24.5. The number of oxazole rings is 1. The molecule has 0 bridgehead atoms. The van der Waals surface area contributed by atoms with Gasteiger partial charge in [-0.25, -0.2) is 14.6 Å². The molecule has 2 aromatic carbocycles. The Hall–Kier alpha value is -3.85. The highest BCUT2D eigenvalue weighted by atomic mass is 32.1. The van der Waals surface area contributed by atoms with Crippen LogP contribution in [0.2, 0.25) is 0 Å². The van der Waals surface area contributed by atoms with Gasteiger partial charge in [0.15, 0.2) is 5.58 Å². The van der Waals surface area contributed by atoms with Crippen molar-refractivity contribution >= 4 is 45.1 Å². The van der Waals surface area contributed by atoms with Crippen LogP contribution in [0.25, 0.3) is 22.6 Å². The van der Waals surface area contributed by atoms with E-state index in [0.717, 1.165) is 47.2 Å². The lowest BCUT2D eigenvalue weighted by molar-refractivity contribution is 0.0601. The van der Waals surface area contributed by atoms with E-state index in [4.69, 9.17) is 13.9 Å². The van der Waals surface area contributed by atoms with Crippen LogP contribution in [0.4, 0.5) is 15.5 Å². The predicted octanol–water partition coefficient (Wildman–Crippen LogP) is 6.18. The molecule has 0 unspecified atom stereocenters. The second kappa shape index (κ2) is 9.42. The minimum absolute atomic E-state index is 0.439. The summed E-state index contributed by atoms with van der Waals surface area (Å²) in [6.45, 7) is 2.00. The first-order chi connectivity index (χ1) is 17.0. The second-order valence-corrected chi connectivity index (χ2v) is 9.50. The summed E-state index contributed by atoms with van der Waals surface area (Å²) in [4.78, 5) is 31.2. The number of aryl methyl sites for hydroxylation is 2. The molecule has 5 rings (SSSR count). The van der Waals surface area contributed by atoms with Crippen molar-refractivity contribution in [3.63, 3.8) is 0 Å². The van der Waals surface area contributed by atoms with Crippen LogP contribution in [-0.4, -0.2) is 31.2 Å². The first-order valence-corrected chi connectivity index (χ1v) is 12.1. The van der Waals surface area contributed by atoms with Gasteiger partial charge in [-0.2, -0.15) is 0 Å². The maximum Gasteiger partial charge on any atom is 0.341 e. The highest BCUT2D eigenvalue weighted by Gasteiger charge is 2.27. The topological polar surface area (TPSA) is 103 Å². The molecule has 0 saturated heterocycles. The lowest BCUT2D eigenvalue weighted by Gasteiger charge is -2.13. The van der Waals surface area contributed by atoms with Crippen molar-refractivity contribution in [2.75, 3.05) is 24.9 Å². The molecular weight excluding hydrogens is 466 g/mol. The summed E-state index contributed by atoms with van der Waals surface area (Å²) in [7, 11) is 2.88. The van der Waals surface area contributed by atoms with Crippen molar-refractivity contribution < 1.29 is 23.5 Å². The first kappa shape index (κ1) is 22.9. The fraction of sp³-hybridized carbons (Fsp3) is 0.269. The van der Waals surface area contributed by atoms with E-state index in [1.807, 2.05) is 31.2 Å². The number of amides is 2. The van der Waals surface area contributed by atoms with Gasteiger partial charge < -0.3 is 19.2 Å². The number of urea groups is 1. The number of nitrogens with one attached hydrogen (secondary N) is 2. The van der Waals surface area contributed by atoms with Gasteiger partial charge in [-0.3, -0.25) is 5.32 Å². The Balaban J connectivity index is 1.42. The van der Waals surface area contributed by atoms with Gasteiger partial charge in [0.2, 0.25) is 5.89 Å². The number of methoxy groups -OCH3 is 2. The number of carbonyl (C=O) groups excluding carboxylic acids is 2. The summed E-state index contributed by atoms with van der Waals surface area (Å²) in [6.07, 6.45) is 3.78. The Morgan fingerprint density at radius 2 is 1.89 bits per heavy atom. The number of hydrogen-bond donors (Lipinski definition) is 2. The molecule has 0 radical (unpaired) electrons. The number of anilines is 2. The first-order valence-electron chi connectivity index (χ1n) is 11.3. The molecule has 2 heterocycles. The number of aromatic nitrogens is 1. The standard InChI is InChI=1S/C26H25N3O5S/c1-14-8-10-20-17(12-14)27-23(34-20)15-9-11-19(32-2)18(13-15)28-26(31)29-24-22(25(30)33-3)16-6-4-5-7-21(16)35-24/h8-13H,4-7H2,1-3H3,(H2,28,29,31). The van der Waals surface area contributed by atoms with Gasteiger partial charge in [0.05, 0.1) is 25.5 Å². The van der Waals surface area contributed by atoms with E-state index in [9.17, 15) is 9.59 Å². The zero-order valence-corrected chi connectivity index (χ0v) is 20.5. The molecule has 2 amide bonds. The summed E-state index contributed by atoms with van der Waals surface area (Å²) < 4.78 is 16.3. The van der Waals surface area contributed by atoms with Gasteiger partial charge in [-0.05, 0) is 74.1 Å². The lowest BCUT2D eigenvalue weighted by atomic mass is 9.95. The summed E-state index contributed by atoms with van der Waals surface area (Å²) in [5, 5.41) is 6.17. The molecule has 0 aliphatic heterocycles. The van der Waals surface area contributed by atoms with E-state index < -0.39 is 12.0 Å². The number of nitrogens with zero attached hydrogens (tertiary/aromatic N) is 1. The van der Waals surface area contributed by atoms with Crippen molar-refractivity contribution in [1.82, 2.24) is 4.98 Å². The van der Waals surface area contributed by atoms with Gasteiger partial charge >= 0.3 is 12.0 Å². The van der Waals surface area contributed by atoms with E-state index in [1.54, 1.807) is 12.1 Å². The average Bonchev–Trinajstić information content (AvgIpc) is 3.44. The van der Waals surface area contributed by atoms with Crippen molar-refractivity contribution in [2.24, 2.45) is 0 Å². The number of carbonyl (C=O) groups is 2. The molecule has 0 spiro atoms. The van der Waals surface area contributed by atoms with Crippen LogP contribution in [-0.2, 0) is 17.6 Å². The third-order valence-electron chi connectivity index (χ3n) is 6.03. The average molecular weight is 492 g/mol. The van der Waals surface area contributed by atoms with Crippen LogP contribution in [0.1, 0.15) is 39.2 Å². The normalized spacial score (nSPS) is 12.8. The Morgan fingerprint density at radius 3 is 2.69 bits per heavy atom. The van der Waals surface area contributed by atoms with Gasteiger partial charge in [0, 0.05) is 10.4 Å². The van der Waals surface area contributed by atoms with Crippen LogP contribution in [0, 0.1) is 6.92 Å². The molecule has 0 saturated carbocycles. The number of rotatable bonds is 5. The Bertz CT molecular complexity index is 1440. The molecule has 35 heavy (non-hydrogen) atoms. The Labute approximate surface area is 206 Å². The minimum Gasteiger partial charge on any atom is -0.495 e. The number of hydrogen-bond acceptors (Lipinski definition) is 7. The van der Waals surface area contributed by atoms with Gasteiger partial charge in [0.1, 0.15) is 16.3 Å². The monoisotopic (exact) mass is 491 g/mol. The van der Waals surface area contributed by atoms with Crippen molar-refractivity contribution in [2.45, 2.75) is 32.6 Å². The molecular formula is C26H25N3O5S. The van der Waals surface area contributed by atoms with Crippen molar-refractivity contribution in [3.8, 4) is 17.2 Å². The Morgan fingerprint density at radius 1 is 1.06 bits per heavy atom. The molecule has 2 aromatic heterocycles. The number of thiophene rings is 1. The molecule has 8 nitrogen and oxygen atoms in total. The van der Waals surface area contributed by atoms with Crippen molar-refractivity contribution in [3.05, 3.63) is 58.0 Å². The maximum atomic E-state index is 13.0. The minimum atomic E-state index is -0.489. The summed E-state index contributed by atoms with van der Waals surface area (Å²) in [5.74, 6) is 0.482. The fourth-order valence-corrected chi connectivity index (χ4v) is 5.60. The summed E-state index contributed by atoms with van der Waals surface area (Å²) in [5.41, 5.74) is 5.11. The van der Waals surface area contributed by atoms with Crippen LogP contribution in [0.3, 0.4) is 0 Å². The van der Waals surface area contributed by atoms with Crippen molar-refractivity contribution in [1.29, 1.82) is 0 Å². The van der Waals surface area contributed by atoms with E-state index in [0.29, 0.717) is 39.0 Å². The molecule has 2 N–H and O–H groups in total. The third kappa shape index (κ3) is 4.46. The van der Waals surface area contributed by atoms with Gasteiger partial charge in [-0.15, -0.1) is 11.3 Å². The molecule has 0 fully saturated rings. The quantitative estimate of drug-likeness (QED) is 0.323. The van der Waals surface area contributed by atoms with Crippen LogP contribution >= 0.6 is 11.3 Å². The van der Waals surface area contributed by atoms with E-state index in [-0.39, 0.29) is 0 Å². The Kier molecular flexibility index (Phi) is 6.17. The van der Waals surface area contributed by atoms with Crippen LogP contribution < -0.4 is 15.4 Å². The third-order valence-corrected chi connectivity index (χ3v) is 7.23. The molecule has 9 heteroatoms. The SMILES string of the molecule is COC(=O)c1c(NC(=O)Nc2cc(-c3nc4cc(C)ccc4o3)ccc2OC)sc2c1CCCC2. The molecule has 4 aromatic rings. The van der Waals surface area contributed by atoms with Crippen LogP contribution in [0.15, 0.2) is 40.8 Å². The molecule has 180 valence electrons. The lowest BCUT2D eigenvalue weighted by Crippen LogP contribution is -2.21. The molecule has 1 aliphatic rings. The fourth-order valence-electron chi connectivity index (χ4n) is 4.33. The highest BCUT2D eigenvalue weighted by Crippen LogP contribution is 2.39. The number of benzene rings is 2. The smallest absolute Gasteiger partial charge is 0.341 e. The van der Waals surface area contributed by atoms with E-state index in [2.05, 4.69) is 15.6 Å². The maximum absolute atomic E-state index is 13.0. The van der Waals surface area contributed by atoms with E-state index in [1.165, 1.54) is 25.6 Å². The largest absolute Gasteiger partial charge is 0.495 e. The zero-order valence-electron chi connectivity index (χ0n) is 19.7. The second-order valence-electron chi connectivity index (χ2n) is 8.39. The number of esters is 1. The van der Waals surface area contributed by atoms with Crippen LogP contribution in [0.5, 0.6) is 5.75 Å². The molecule has 1 aliphatic carbocycles. The molecule has 0 atom stereocenters. The summed E-state index contributed by atoms with van der Waals surface area (Å²) in [6, 6.07) is 10.6. The predicted molar refractivity (Wildman–Crippen MR) is 136 cm³/mol.